The molecule has 2 aromatic heterocycles. The van der Waals surface area contributed by atoms with Crippen molar-refractivity contribution in [3.05, 3.63) is 53.7 Å². The zero-order valence-electron chi connectivity index (χ0n) is 18.0. The second-order valence-corrected chi connectivity index (χ2v) is 8.48. The van der Waals surface area contributed by atoms with Crippen molar-refractivity contribution >= 4 is 33.4 Å². The highest BCUT2D eigenvalue weighted by Crippen LogP contribution is 2.47. The van der Waals surface area contributed by atoms with Crippen LogP contribution >= 0.6 is 0 Å². The Bertz CT molecular complexity index is 1350. The normalized spacial score (nSPS) is 16.5. The van der Waals surface area contributed by atoms with Crippen LogP contribution in [-0.2, 0) is 0 Å². The summed E-state index contributed by atoms with van der Waals surface area (Å²) in [5.41, 5.74) is 12.6. The number of aromatic nitrogens is 1. The standard InChI is InChI=1S/C25H25N5O/c1-15-20(13-26)24-22(19-8-5-10-28-25(19)31-24)23(30-11-9-18(14-30)29(2)3)21(15)16-6-4-7-17(27)12-16/h4-8,10,12,18H,9,11,14,27H2,1-3H3/t18-/m0/s1. The van der Waals surface area contributed by atoms with Crippen molar-refractivity contribution < 1.29 is 4.42 Å². The van der Waals surface area contributed by atoms with Gasteiger partial charge in [0.1, 0.15) is 6.07 Å². The number of nitrogens with two attached hydrogens (primary N) is 1. The first-order valence-electron chi connectivity index (χ1n) is 10.5. The van der Waals surface area contributed by atoms with E-state index in [1.807, 2.05) is 37.3 Å². The Hall–Kier alpha value is -3.56. The van der Waals surface area contributed by atoms with E-state index in [0.717, 1.165) is 52.7 Å². The van der Waals surface area contributed by atoms with E-state index in [4.69, 9.17) is 10.2 Å². The largest absolute Gasteiger partial charge is 0.436 e. The van der Waals surface area contributed by atoms with Gasteiger partial charge < -0.3 is 20.0 Å². The fourth-order valence-corrected chi connectivity index (χ4v) is 4.81. The minimum Gasteiger partial charge on any atom is -0.436 e. The summed E-state index contributed by atoms with van der Waals surface area (Å²) < 4.78 is 6.15. The number of nitrogens with zero attached hydrogens (tertiary/aromatic N) is 4. The molecule has 6 heteroatoms. The van der Waals surface area contributed by atoms with Crippen molar-refractivity contribution in [2.75, 3.05) is 37.8 Å². The van der Waals surface area contributed by atoms with E-state index >= 15 is 0 Å². The van der Waals surface area contributed by atoms with E-state index in [9.17, 15) is 5.26 Å². The second kappa shape index (κ2) is 7.29. The van der Waals surface area contributed by atoms with Crippen molar-refractivity contribution in [3.8, 4) is 17.2 Å². The quantitative estimate of drug-likeness (QED) is 0.498. The third-order valence-electron chi connectivity index (χ3n) is 6.41. The number of hydrogen-bond donors (Lipinski definition) is 1. The molecule has 0 bridgehead atoms. The molecule has 1 aliphatic rings. The summed E-state index contributed by atoms with van der Waals surface area (Å²) in [7, 11) is 4.26. The number of rotatable bonds is 3. The van der Waals surface area contributed by atoms with Gasteiger partial charge in [-0.2, -0.15) is 5.26 Å². The maximum Gasteiger partial charge on any atom is 0.227 e. The van der Waals surface area contributed by atoms with Gasteiger partial charge in [0.2, 0.25) is 5.71 Å². The summed E-state index contributed by atoms with van der Waals surface area (Å²) in [5, 5.41) is 12.0. The van der Waals surface area contributed by atoms with Gasteiger partial charge in [0.25, 0.3) is 0 Å². The number of fused-ring (bicyclic) bond motifs is 3. The number of nitriles is 1. The smallest absolute Gasteiger partial charge is 0.227 e. The van der Waals surface area contributed by atoms with Crippen LogP contribution in [0.15, 0.2) is 47.0 Å². The second-order valence-electron chi connectivity index (χ2n) is 8.48. The predicted molar refractivity (Wildman–Crippen MR) is 125 cm³/mol. The number of nitrogen functional groups attached to an aromatic ring is 1. The van der Waals surface area contributed by atoms with Crippen LogP contribution in [0.3, 0.4) is 0 Å². The van der Waals surface area contributed by atoms with Gasteiger partial charge in [0.05, 0.1) is 22.0 Å². The molecule has 0 amide bonds. The Morgan fingerprint density at radius 1 is 1.26 bits per heavy atom. The first-order chi connectivity index (χ1) is 15.0. The van der Waals surface area contributed by atoms with Crippen LogP contribution in [0.2, 0.25) is 0 Å². The summed E-state index contributed by atoms with van der Waals surface area (Å²) in [6.45, 7) is 3.85. The molecular weight excluding hydrogens is 386 g/mol. The lowest BCUT2D eigenvalue weighted by Gasteiger charge is -2.26. The van der Waals surface area contributed by atoms with Crippen LogP contribution in [0.4, 0.5) is 11.4 Å². The average molecular weight is 412 g/mol. The number of hydrogen-bond acceptors (Lipinski definition) is 6. The molecule has 0 unspecified atom stereocenters. The predicted octanol–water partition coefficient (Wildman–Crippen LogP) is 4.55. The van der Waals surface area contributed by atoms with Crippen LogP contribution < -0.4 is 10.6 Å². The molecule has 156 valence electrons. The first kappa shape index (κ1) is 19.4. The van der Waals surface area contributed by atoms with Crippen LogP contribution in [0, 0.1) is 18.3 Å². The summed E-state index contributed by atoms with van der Waals surface area (Å²) in [5.74, 6) is 0. The molecule has 2 aromatic carbocycles. The Kier molecular flexibility index (Phi) is 4.57. The molecule has 4 aromatic rings. The Morgan fingerprint density at radius 3 is 2.81 bits per heavy atom. The molecule has 1 fully saturated rings. The van der Waals surface area contributed by atoms with Gasteiger partial charge in [0.15, 0.2) is 5.58 Å². The molecule has 5 rings (SSSR count). The minimum absolute atomic E-state index is 0.469. The molecule has 0 spiro atoms. The SMILES string of the molecule is Cc1c(-c2cccc(N)c2)c(N2CC[C@H](N(C)C)C2)c2c(oc3ncccc32)c1C#N. The van der Waals surface area contributed by atoms with E-state index in [1.54, 1.807) is 6.20 Å². The average Bonchev–Trinajstić information content (AvgIpc) is 3.38. The van der Waals surface area contributed by atoms with Gasteiger partial charge in [-0.05, 0) is 62.8 Å². The Labute approximate surface area is 181 Å². The summed E-state index contributed by atoms with van der Waals surface area (Å²) in [6, 6.07) is 14.7. The fourth-order valence-electron chi connectivity index (χ4n) is 4.81. The van der Waals surface area contributed by atoms with Crippen molar-refractivity contribution in [3.63, 3.8) is 0 Å². The van der Waals surface area contributed by atoms with E-state index in [-0.39, 0.29) is 0 Å². The maximum absolute atomic E-state index is 10.1. The first-order valence-corrected chi connectivity index (χ1v) is 10.5. The zero-order chi connectivity index (χ0) is 21.7. The van der Waals surface area contributed by atoms with Gasteiger partial charge in [-0.3, -0.25) is 0 Å². The number of benzene rings is 2. The van der Waals surface area contributed by atoms with Crippen LogP contribution in [0.1, 0.15) is 17.5 Å². The topological polar surface area (TPSA) is 82.3 Å². The number of pyridine rings is 1. The minimum atomic E-state index is 0.469. The molecule has 1 saturated heterocycles. The number of furan rings is 1. The van der Waals surface area contributed by atoms with E-state index in [0.29, 0.717) is 28.6 Å². The molecule has 3 heterocycles. The lowest BCUT2D eigenvalue weighted by molar-refractivity contribution is 0.315. The highest BCUT2D eigenvalue weighted by molar-refractivity contribution is 6.16. The third-order valence-corrected chi connectivity index (χ3v) is 6.41. The third kappa shape index (κ3) is 3.01. The zero-order valence-corrected chi connectivity index (χ0v) is 18.0. The molecule has 31 heavy (non-hydrogen) atoms. The fraction of sp³-hybridized carbons (Fsp3) is 0.280. The molecule has 1 atom stereocenters. The van der Waals surface area contributed by atoms with Gasteiger partial charge in [-0.25, -0.2) is 4.98 Å². The van der Waals surface area contributed by atoms with Gasteiger partial charge in [-0.1, -0.05) is 12.1 Å². The lowest BCUT2D eigenvalue weighted by Crippen LogP contribution is -2.31. The molecule has 2 N–H and O–H groups in total. The summed E-state index contributed by atoms with van der Waals surface area (Å²) in [4.78, 5) is 9.14. The molecule has 0 aliphatic carbocycles. The monoisotopic (exact) mass is 411 g/mol. The molecule has 0 radical (unpaired) electrons. The van der Waals surface area contributed by atoms with E-state index < -0.39 is 0 Å². The number of likely N-dealkylation sites (N-methyl/N-ethyl adjacent to an activating group) is 1. The Balaban J connectivity index is 1.91. The van der Waals surface area contributed by atoms with Gasteiger partial charge in [0, 0.05) is 36.6 Å². The van der Waals surface area contributed by atoms with Gasteiger partial charge >= 0.3 is 0 Å². The van der Waals surface area contributed by atoms with Crippen molar-refractivity contribution in [2.45, 2.75) is 19.4 Å². The van der Waals surface area contributed by atoms with Crippen LogP contribution in [-0.4, -0.2) is 43.1 Å². The maximum atomic E-state index is 10.1. The van der Waals surface area contributed by atoms with Crippen molar-refractivity contribution in [2.24, 2.45) is 0 Å². The summed E-state index contributed by atoms with van der Waals surface area (Å²) in [6.07, 6.45) is 2.80. The Morgan fingerprint density at radius 2 is 2.10 bits per heavy atom. The van der Waals surface area contributed by atoms with Crippen molar-refractivity contribution in [1.82, 2.24) is 9.88 Å². The van der Waals surface area contributed by atoms with E-state index in [2.05, 4.69) is 41.0 Å². The van der Waals surface area contributed by atoms with Crippen molar-refractivity contribution in [1.29, 1.82) is 5.26 Å². The summed E-state index contributed by atoms with van der Waals surface area (Å²) >= 11 is 0. The van der Waals surface area contributed by atoms with Crippen LogP contribution in [0.5, 0.6) is 0 Å². The molecular formula is C25H25N5O. The lowest BCUT2D eigenvalue weighted by atomic mass is 9.91. The highest BCUT2D eigenvalue weighted by atomic mass is 16.3. The van der Waals surface area contributed by atoms with Gasteiger partial charge in [-0.15, -0.1) is 0 Å². The van der Waals surface area contributed by atoms with E-state index in [1.165, 1.54) is 0 Å². The molecule has 0 saturated carbocycles. The van der Waals surface area contributed by atoms with Crippen LogP contribution in [0.25, 0.3) is 33.2 Å². The molecule has 1 aliphatic heterocycles. The number of anilines is 2. The highest BCUT2D eigenvalue weighted by Gasteiger charge is 2.31. The molecule has 6 nitrogen and oxygen atoms in total.